The molecule has 31 heavy (non-hydrogen) atoms. The van der Waals surface area contributed by atoms with E-state index in [9.17, 15) is 0 Å². The third kappa shape index (κ3) is 7.28. The Morgan fingerprint density at radius 2 is 1.81 bits per heavy atom. The number of anilines is 1. The van der Waals surface area contributed by atoms with Crippen LogP contribution in [0, 0.1) is 5.92 Å². The minimum atomic E-state index is 0. The lowest BCUT2D eigenvalue weighted by atomic mass is 9.89. The lowest BCUT2D eigenvalue weighted by Crippen LogP contribution is -2.43. The van der Waals surface area contributed by atoms with E-state index < -0.39 is 0 Å². The van der Waals surface area contributed by atoms with E-state index in [4.69, 9.17) is 4.74 Å². The molecule has 2 aliphatic heterocycles. The standard InChI is InChI=1S/C25H33BrN2O.2ClH/c1-18(2)29-23-9-10-24(26)21(16-23)15-19-11-13-28(14-12-19)17-22-8-7-20-5-3-4-6-25(20)27-22;;/h3-6,9-10,16,18-19,22,27H,7-8,11-15,17H2,1-2H3;2*1H. The number of para-hydroxylation sites is 1. The van der Waals surface area contributed by atoms with Crippen LogP contribution in [0.1, 0.15) is 44.2 Å². The van der Waals surface area contributed by atoms with Crippen LogP contribution in [0.2, 0.25) is 0 Å². The van der Waals surface area contributed by atoms with Crippen LogP contribution in [0.25, 0.3) is 0 Å². The molecule has 4 rings (SSSR count). The number of benzene rings is 2. The number of nitrogens with one attached hydrogen (secondary N) is 1. The van der Waals surface area contributed by atoms with Crippen LogP contribution >= 0.6 is 40.7 Å². The maximum atomic E-state index is 5.89. The predicted octanol–water partition coefficient (Wildman–Crippen LogP) is 6.76. The Kier molecular flexibility index (Phi) is 10.5. The molecule has 1 fully saturated rings. The molecule has 2 heterocycles. The second kappa shape index (κ2) is 12.3. The summed E-state index contributed by atoms with van der Waals surface area (Å²) in [5.74, 6) is 1.75. The van der Waals surface area contributed by atoms with Crippen molar-refractivity contribution in [3.63, 3.8) is 0 Å². The molecular weight excluding hydrogens is 495 g/mol. The van der Waals surface area contributed by atoms with Crippen LogP contribution in [-0.2, 0) is 12.8 Å². The van der Waals surface area contributed by atoms with Crippen molar-refractivity contribution in [1.29, 1.82) is 0 Å². The van der Waals surface area contributed by atoms with Crippen molar-refractivity contribution in [2.24, 2.45) is 5.92 Å². The van der Waals surface area contributed by atoms with E-state index in [-0.39, 0.29) is 30.9 Å². The van der Waals surface area contributed by atoms with Gasteiger partial charge in [-0.15, -0.1) is 24.8 Å². The van der Waals surface area contributed by atoms with Gasteiger partial charge in [-0.05, 0) is 100 Å². The van der Waals surface area contributed by atoms with Crippen molar-refractivity contribution in [3.05, 3.63) is 58.1 Å². The van der Waals surface area contributed by atoms with Gasteiger partial charge in [-0.3, -0.25) is 0 Å². The van der Waals surface area contributed by atoms with Gasteiger partial charge in [-0.2, -0.15) is 0 Å². The Morgan fingerprint density at radius 1 is 1.06 bits per heavy atom. The molecule has 2 aromatic rings. The highest BCUT2D eigenvalue weighted by Crippen LogP contribution is 2.30. The first-order valence-corrected chi connectivity index (χ1v) is 11.9. The van der Waals surface area contributed by atoms with Crippen LogP contribution in [0.3, 0.4) is 0 Å². The number of hydrogen-bond acceptors (Lipinski definition) is 3. The molecule has 0 amide bonds. The summed E-state index contributed by atoms with van der Waals surface area (Å²) in [6.07, 6.45) is 6.36. The summed E-state index contributed by atoms with van der Waals surface area (Å²) < 4.78 is 7.10. The van der Waals surface area contributed by atoms with Gasteiger partial charge >= 0.3 is 0 Å². The Balaban J connectivity index is 0.00000171. The van der Waals surface area contributed by atoms with E-state index in [2.05, 4.69) is 82.5 Å². The first-order valence-electron chi connectivity index (χ1n) is 11.1. The van der Waals surface area contributed by atoms with Crippen LogP contribution in [-0.4, -0.2) is 36.7 Å². The molecule has 0 aromatic heterocycles. The highest BCUT2D eigenvalue weighted by atomic mass is 79.9. The fourth-order valence-corrected chi connectivity index (χ4v) is 5.10. The number of halogens is 3. The quantitative estimate of drug-likeness (QED) is 0.447. The van der Waals surface area contributed by atoms with Gasteiger partial charge in [-0.25, -0.2) is 0 Å². The lowest BCUT2D eigenvalue weighted by Gasteiger charge is -2.36. The van der Waals surface area contributed by atoms with Crippen molar-refractivity contribution in [2.75, 3.05) is 25.0 Å². The Hall–Kier alpha value is -0.940. The molecule has 6 heteroatoms. The normalized spacial score (nSPS) is 19.0. The number of likely N-dealkylation sites (tertiary alicyclic amines) is 1. The number of hydrogen-bond donors (Lipinski definition) is 1. The number of rotatable bonds is 6. The van der Waals surface area contributed by atoms with Gasteiger partial charge in [0.1, 0.15) is 5.75 Å². The van der Waals surface area contributed by atoms with Crippen LogP contribution in [0.15, 0.2) is 46.9 Å². The molecular formula is C25H35BrCl2N2O. The molecule has 1 unspecified atom stereocenters. The number of aryl methyl sites for hydroxylation is 1. The van der Waals surface area contributed by atoms with Gasteiger partial charge < -0.3 is 15.0 Å². The van der Waals surface area contributed by atoms with Crippen LogP contribution in [0.4, 0.5) is 5.69 Å². The Morgan fingerprint density at radius 3 is 2.55 bits per heavy atom. The molecule has 1 atom stereocenters. The summed E-state index contributed by atoms with van der Waals surface area (Å²) in [6.45, 7) is 7.76. The second-order valence-electron chi connectivity index (χ2n) is 8.91. The summed E-state index contributed by atoms with van der Waals surface area (Å²) in [4.78, 5) is 2.66. The zero-order valence-corrected chi connectivity index (χ0v) is 21.7. The zero-order chi connectivity index (χ0) is 20.2. The first-order chi connectivity index (χ1) is 14.1. The van der Waals surface area contributed by atoms with Crippen molar-refractivity contribution in [1.82, 2.24) is 4.90 Å². The fourth-order valence-electron chi connectivity index (χ4n) is 4.69. The first kappa shape index (κ1) is 26.3. The van der Waals surface area contributed by atoms with E-state index in [1.807, 2.05) is 0 Å². The summed E-state index contributed by atoms with van der Waals surface area (Å²) in [5, 5.41) is 3.76. The maximum Gasteiger partial charge on any atom is 0.120 e. The maximum absolute atomic E-state index is 5.89. The highest BCUT2D eigenvalue weighted by molar-refractivity contribution is 9.10. The van der Waals surface area contributed by atoms with Gasteiger partial charge in [0.25, 0.3) is 0 Å². The average Bonchev–Trinajstić information content (AvgIpc) is 2.71. The third-order valence-electron chi connectivity index (χ3n) is 6.22. The second-order valence-corrected chi connectivity index (χ2v) is 9.76. The van der Waals surface area contributed by atoms with Crippen molar-refractivity contribution < 1.29 is 4.74 Å². The molecule has 172 valence electrons. The van der Waals surface area contributed by atoms with E-state index in [0.29, 0.717) is 6.04 Å². The van der Waals surface area contributed by atoms with Gasteiger partial charge in [0, 0.05) is 22.7 Å². The topological polar surface area (TPSA) is 24.5 Å². The van der Waals surface area contributed by atoms with Crippen molar-refractivity contribution in [2.45, 2.75) is 58.1 Å². The third-order valence-corrected chi connectivity index (χ3v) is 7.00. The molecule has 2 aliphatic rings. The largest absolute Gasteiger partial charge is 0.491 e. The fraction of sp³-hybridized carbons (Fsp3) is 0.520. The van der Waals surface area contributed by atoms with E-state index in [0.717, 1.165) is 18.1 Å². The molecule has 0 spiro atoms. The molecule has 1 N–H and O–H groups in total. The smallest absolute Gasteiger partial charge is 0.120 e. The molecule has 0 bridgehead atoms. The lowest BCUT2D eigenvalue weighted by molar-refractivity contribution is 0.175. The van der Waals surface area contributed by atoms with Gasteiger partial charge in [0.05, 0.1) is 6.10 Å². The monoisotopic (exact) mass is 528 g/mol. The number of ether oxygens (including phenoxy) is 1. The number of nitrogens with zero attached hydrogens (tertiary/aromatic N) is 1. The molecule has 0 aliphatic carbocycles. The van der Waals surface area contributed by atoms with Gasteiger partial charge in [-0.1, -0.05) is 34.1 Å². The molecule has 0 radical (unpaired) electrons. The Bertz CT molecular complexity index is 825. The van der Waals surface area contributed by atoms with E-state index >= 15 is 0 Å². The summed E-state index contributed by atoms with van der Waals surface area (Å²) >= 11 is 3.74. The SMILES string of the molecule is CC(C)Oc1ccc(Br)c(CC2CCN(CC3CCc4ccccc4N3)CC2)c1.Cl.Cl. The number of fused-ring (bicyclic) bond motifs is 1. The molecule has 1 saturated heterocycles. The molecule has 0 saturated carbocycles. The summed E-state index contributed by atoms with van der Waals surface area (Å²) in [7, 11) is 0. The zero-order valence-electron chi connectivity index (χ0n) is 18.5. The van der Waals surface area contributed by atoms with Crippen LogP contribution in [0.5, 0.6) is 5.75 Å². The predicted molar refractivity (Wildman–Crippen MR) is 139 cm³/mol. The molecule has 3 nitrogen and oxygen atoms in total. The van der Waals surface area contributed by atoms with E-state index in [1.165, 1.54) is 66.6 Å². The molecule has 2 aromatic carbocycles. The van der Waals surface area contributed by atoms with Gasteiger partial charge in [0.15, 0.2) is 0 Å². The van der Waals surface area contributed by atoms with Crippen molar-refractivity contribution >= 4 is 46.4 Å². The van der Waals surface area contributed by atoms with E-state index in [1.54, 1.807) is 0 Å². The summed E-state index contributed by atoms with van der Waals surface area (Å²) in [6, 6.07) is 15.8. The summed E-state index contributed by atoms with van der Waals surface area (Å²) in [5.41, 5.74) is 4.19. The van der Waals surface area contributed by atoms with Crippen molar-refractivity contribution in [3.8, 4) is 5.75 Å². The average molecular weight is 530 g/mol. The van der Waals surface area contributed by atoms with Crippen LogP contribution < -0.4 is 10.1 Å². The highest BCUT2D eigenvalue weighted by Gasteiger charge is 2.24. The minimum Gasteiger partial charge on any atom is -0.491 e. The Labute approximate surface area is 208 Å². The minimum absolute atomic E-state index is 0. The van der Waals surface area contributed by atoms with Gasteiger partial charge in [0.2, 0.25) is 0 Å². The number of piperidine rings is 1.